The molecule has 1 atom stereocenters. The van der Waals surface area contributed by atoms with E-state index in [1.165, 1.54) is 33.1 Å². The number of allylic oxidation sites excluding steroid dienone is 1. The van der Waals surface area contributed by atoms with E-state index in [-0.39, 0.29) is 121 Å². The van der Waals surface area contributed by atoms with E-state index in [1.807, 2.05) is 85.8 Å². The second-order valence-corrected chi connectivity index (χ2v) is 20.8. The lowest BCUT2D eigenvalue weighted by atomic mass is 10.1. The first-order valence-corrected chi connectivity index (χ1v) is 26.4. The average Bonchev–Trinajstić information content (AvgIpc) is 3.78. The van der Waals surface area contributed by atoms with Crippen LogP contribution in [-0.4, -0.2) is 116 Å². The van der Waals surface area contributed by atoms with Crippen LogP contribution < -0.4 is 19.3 Å². The number of rotatable bonds is 29. The maximum absolute atomic E-state index is 12.7. The summed E-state index contributed by atoms with van der Waals surface area (Å²) in [5, 5.41) is 23.8. The maximum atomic E-state index is 12.7. The highest BCUT2D eigenvalue weighted by molar-refractivity contribution is 8.02. The molecule has 1 amide bonds. The van der Waals surface area contributed by atoms with Crippen molar-refractivity contribution in [2.75, 3.05) is 68.3 Å². The number of methoxy groups -OCH3 is 1. The van der Waals surface area contributed by atoms with E-state index < -0.39 is 28.2 Å². The van der Waals surface area contributed by atoms with E-state index >= 15 is 0 Å². The van der Waals surface area contributed by atoms with Gasteiger partial charge in [-0.25, -0.2) is 4.68 Å². The lowest BCUT2D eigenvalue weighted by Crippen LogP contribution is -2.29. The standard InChI is InChI=1S/C23H35N3O8P3S.C20H26N4O4.12CH4/c1-25(24-17-21-9-11-22(29-2)12-10-21)35(38)34-23-13-7-20(8-14-23)15-16-26(18-36(27,30-3)31-4)19-37(28,32-5)33-6;1-2-13-28-18-9-7-16(8-10-18)11-12-21-19(25)15-24-14-17(22-23-24)5-3-4-6-20(26)27;;;;;;;;;;;;/h7-14,17H,15-16,18-19H2,1-6H3;2,7-10,13-14H,3-6,11-12,15H2,1H3,(H,21,25)(H,26,27);12*1H4/q+1;;;;;;;;;;;;;/b24-17+;;;;;;;;;;;;;. The topological polar surface area (TPSA) is 215 Å². The summed E-state index contributed by atoms with van der Waals surface area (Å²) in [6.07, 6.45) is 10.2. The van der Waals surface area contributed by atoms with Gasteiger partial charge in [-0.15, -0.1) is 10.2 Å². The molecule has 0 bridgehead atoms. The zero-order valence-corrected chi connectivity index (χ0v) is 41.9. The third-order valence-electron chi connectivity index (χ3n) is 9.37. The van der Waals surface area contributed by atoms with E-state index in [2.05, 4.69) is 20.7 Å². The van der Waals surface area contributed by atoms with Crippen LogP contribution in [0.15, 0.2) is 96.4 Å². The largest absolute Gasteiger partial charge is 0.540 e. The van der Waals surface area contributed by atoms with Crippen LogP contribution in [0.25, 0.3) is 0 Å². The zero-order valence-electron chi connectivity index (χ0n) is 38.4. The van der Waals surface area contributed by atoms with Gasteiger partial charge in [0.15, 0.2) is 5.75 Å². The van der Waals surface area contributed by atoms with Crippen LogP contribution in [0, 0.1) is 0 Å². The number of aromatic nitrogens is 3. The second-order valence-electron chi connectivity index (χ2n) is 14.2. The van der Waals surface area contributed by atoms with E-state index in [9.17, 15) is 18.7 Å². The molecular formula is C55H109N7O12P3S+. The SMILES string of the molecule is C.C.C.C.C.C.C.C.C.C.C.C.CC=COc1ccc(CCNC(=O)Cn2cc(CCCCC(=O)O)nn2)cc1.COc1ccc(/C=N/N(C)[P+](=S)Oc2ccc(CCN(CP(=O)(OC)OC)CP(=O)(OC)OC)cc2)cc1. The molecule has 2 N–H and O–H groups in total. The number of carboxylic acids is 1. The molecule has 19 nitrogen and oxygen atoms in total. The molecular weight excluding hydrogens is 1080 g/mol. The number of hydrogen-bond acceptors (Lipinski definition) is 16. The molecule has 0 aliphatic carbocycles. The van der Waals surface area contributed by atoms with E-state index in [4.69, 9.17) is 49.0 Å². The summed E-state index contributed by atoms with van der Waals surface area (Å²) < 4.78 is 65.1. The molecule has 78 heavy (non-hydrogen) atoms. The first-order valence-electron chi connectivity index (χ1n) is 20.7. The van der Waals surface area contributed by atoms with Crippen molar-refractivity contribution in [3.05, 3.63) is 114 Å². The fraction of sp³-hybridized carbons (Fsp3) is 0.545. The molecule has 0 aliphatic heterocycles. The lowest BCUT2D eigenvalue weighted by molar-refractivity contribution is -0.137. The summed E-state index contributed by atoms with van der Waals surface area (Å²) in [6.45, 7) is 2.94. The number of nitrogens with zero attached hydrogens (tertiary/aromatic N) is 6. The van der Waals surface area contributed by atoms with Crippen molar-refractivity contribution in [2.24, 2.45) is 5.10 Å². The number of aliphatic carboxylic acids is 1. The normalized spacial score (nSPS) is 10.1. The van der Waals surface area contributed by atoms with Gasteiger partial charge in [0, 0.05) is 54.1 Å². The van der Waals surface area contributed by atoms with Crippen LogP contribution in [0.3, 0.4) is 0 Å². The van der Waals surface area contributed by atoms with Gasteiger partial charge in [-0.1, -0.05) is 129 Å². The number of nitrogens with one attached hydrogen (secondary N) is 1. The van der Waals surface area contributed by atoms with Crippen molar-refractivity contribution in [3.63, 3.8) is 0 Å². The molecule has 1 aromatic heterocycles. The van der Waals surface area contributed by atoms with Gasteiger partial charge in [0.1, 0.15) is 30.6 Å². The van der Waals surface area contributed by atoms with Gasteiger partial charge >= 0.3 is 28.2 Å². The quantitative estimate of drug-likeness (QED) is 0.0170. The lowest BCUT2D eigenvalue weighted by Gasteiger charge is -2.27. The van der Waals surface area contributed by atoms with Gasteiger partial charge in [0.25, 0.3) is 0 Å². The summed E-state index contributed by atoms with van der Waals surface area (Å²) in [6, 6.07) is 22.7. The first kappa shape index (κ1) is 95.5. The molecule has 0 saturated carbocycles. The summed E-state index contributed by atoms with van der Waals surface area (Å²) >= 11 is 5.49. The molecule has 0 saturated heterocycles. The summed E-state index contributed by atoms with van der Waals surface area (Å²) in [7, 11) is 0.422. The highest BCUT2D eigenvalue weighted by Crippen LogP contribution is 2.51. The van der Waals surface area contributed by atoms with Crippen molar-refractivity contribution < 1.29 is 55.9 Å². The molecule has 0 aliphatic rings. The second kappa shape index (κ2) is 51.6. The fourth-order valence-corrected chi connectivity index (χ4v) is 8.96. The first-order chi connectivity index (χ1) is 31.6. The van der Waals surface area contributed by atoms with E-state index in [1.54, 1.807) is 42.5 Å². The fourth-order valence-electron chi connectivity index (χ4n) is 5.64. The summed E-state index contributed by atoms with van der Waals surface area (Å²) in [5.74, 6) is 1.24. The van der Waals surface area contributed by atoms with Crippen molar-refractivity contribution >= 4 is 52.2 Å². The minimum absolute atomic E-state index is 0. The Balaban J connectivity index is -0.000000132. The Bertz CT molecular complexity index is 2210. The molecule has 4 rings (SSSR count). The summed E-state index contributed by atoms with van der Waals surface area (Å²) in [5.41, 5.74) is 3.77. The number of aryl methyl sites for hydroxylation is 1. The third-order valence-corrected chi connectivity index (χ3v) is 15.0. The Labute approximate surface area is 481 Å². The van der Waals surface area contributed by atoms with E-state index in [0.29, 0.717) is 38.1 Å². The zero-order chi connectivity index (χ0) is 48.4. The number of hydrogen-bond donors (Lipinski definition) is 2. The van der Waals surface area contributed by atoms with Gasteiger partial charge in [-0.2, -0.15) is 0 Å². The van der Waals surface area contributed by atoms with Crippen LogP contribution in [0.5, 0.6) is 17.2 Å². The molecule has 3 aromatic carbocycles. The Hall–Kier alpha value is -4.87. The minimum atomic E-state index is -3.39. The molecule has 456 valence electrons. The third kappa shape index (κ3) is 37.1. The van der Waals surface area contributed by atoms with Gasteiger partial charge in [0.05, 0.1) is 32.3 Å². The molecule has 23 heteroatoms. The molecule has 4 aromatic rings. The number of ether oxygens (including phenoxy) is 2. The number of carboxylic acid groups (broad SMARTS) is 1. The highest BCUT2D eigenvalue weighted by atomic mass is 32.4. The number of carbonyl (C=O) groups excluding carboxylic acids is 1. The van der Waals surface area contributed by atoms with Crippen LogP contribution in [-0.2, 0) is 74.4 Å². The van der Waals surface area contributed by atoms with Crippen molar-refractivity contribution in [2.45, 2.75) is 141 Å². The van der Waals surface area contributed by atoms with Crippen molar-refractivity contribution in [3.8, 4) is 17.2 Å². The molecule has 0 radical (unpaired) electrons. The van der Waals surface area contributed by atoms with Gasteiger partial charge in [-0.3, -0.25) is 28.1 Å². The monoisotopic (exact) mass is 1180 g/mol. The predicted octanol–water partition coefficient (Wildman–Crippen LogP) is 15.5. The van der Waals surface area contributed by atoms with Crippen LogP contribution >= 0.6 is 22.3 Å². The van der Waals surface area contributed by atoms with Crippen molar-refractivity contribution in [1.29, 1.82) is 0 Å². The Kier molecular flexibility index (Phi) is 63.1. The molecule has 0 spiro atoms. The Morgan fingerprint density at radius 2 is 1.21 bits per heavy atom. The van der Waals surface area contributed by atoms with Crippen LogP contribution in [0.4, 0.5) is 0 Å². The van der Waals surface area contributed by atoms with Gasteiger partial charge in [-0.05, 0) is 104 Å². The van der Waals surface area contributed by atoms with Gasteiger partial charge < -0.3 is 38.0 Å². The van der Waals surface area contributed by atoms with E-state index in [0.717, 1.165) is 46.7 Å². The number of amides is 1. The number of hydrazone groups is 1. The maximum Gasteiger partial charge on any atom is 0.540 e. The molecule has 0 fully saturated rings. The number of carbonyl (C=O) groups is 2. The average molecular weight is 1190 g/mol. The number of benzene rings is 3. The van der Waals surface area contributed by atoms with Crippen molar-refractivity contribution in [1.82, 2.24) is 30.0 Å². The Morgan fingerprint density at radius 3 is 1.68 bits per heavy atom. The van der Waals surface area contributed by atoms with Crippen LogP contribution in [0.1, 0.15) is 138 Å². The van der Waals surface area contributed by atoms with Crippen LogP contribution in [0.2, 0.25) is 0 Å². The summed E-state index contributed by atoms with van der Waals surface area (Å²) in [4.78, 5) is 24.2. The highest BCUT2D eigenvalue weighted by Gasteiger charge is 2.31. The Morgan fingerprint density at radius 1 is 0.718 bits per heavy atom. The number of unbranched alkanes of at least 4 members (excludes halogenated alkanes) is 1. The molecule has 1 heterocycles. The predicted molar refractivity (Wildman–Crippen MR) is 338 cm³/mol. The minimum Gasteiger partial charge on any atom is -0.497 e. The molecule has 1 unspecified atom stereocenters. The van der Waals surface area contributed by atoms with Gasteiger partial charge in [0.2, 0.25) is 17.7 Å². The smallest absolute Gasteiger partial charge is 0.497 e.